The first-order chi connectivity index (χ1) is 8.75. The predicted molar refractivity (Wildman–Crippen MR) is 67.0 cm³/mol. The number of hydrogen-bond acceptors (Lipinski definition) is 5. The highest BCUT2D eigenvalue weighted by molar-refractivity contribution is 5.93. The van der Waals surface area contributed by atoms with Gasteiger partial charge in [0, 0.05) is 32.7 Å². The molecule has 1 aromatic heterocycles. The van der Waals surface area contributed by atoms with Gasteiger partial charge < -0.3 is 19.9 Å². The topological polar surface area (TPSA) is 80.7 Å². The molecule has 2 N–H and O–H groups in total. The summed E-state index contributed by atoms with van der Waals surface area (Å²) in [5.74, 6) is -0.984. The van der Waals surface area contributed by atoms with E-state index in [0.717, 1.165) is 6.42 Å². The standard InChI is InChI=1S/C12H18N2O4/c1-17-7-8-18-6-2-4-14-11-3-5-13-9-10(11)12(15)16/h3,5,9H,2,4,6-8H2,1H3,(H,13,14)(H,15,16). The van der Waals surface area contributed by atoms with E-state index in [2.05, 4.69) is 10.3 Å². The minimum Gasteiger partial charge on any atom is -0.478 e. The molecule has 1 heterocycles. The average molecular weight is 254 g/mol. The second kappa shape index (κ2) is 8.43. The number of carboxylic acids is 1. The van der Waals surface area contributed by atoms with Gasteiger partial charge in [-0.25, -0.2) is 4.79 Å². The Morgan fingerprint density at radius 1 is 1.44 bits per heavy atom. The number of aromatic nitrogens is 1. The summed E-state index contributed by atoms with van der Waals surface area (Å²) < 4.78 is 10.1. The van der Waals surface area contributed by atoms with Crippen LogP contribution in [0.15, 0.2) is 18.5 Å². The quantitative estimate of drug-likeness (QED) is 0.645. The summed E-state index contributed by atoms with van der Waals surface area (Å²) in [6, 6.07) is 1.65. The van der Waals surface area contributed by atoms with Gasteiger partial charge in [-0.15, -0.1) is 0 Å². The first-order valence-electron chi connectivity index (χ1n) is 5.73. The molecule has 18 heavy (non-hydrogen) atoms. The van der Waals surface area contributed by atoms with Crippen LogP contribution in [-0.2, 0) is 9.47 Å². The summed E-state index contributed by atoms with van der Waals surface area (Å²) >= 11 is 0. The molecule has 0 aliphatic rings. The van der Waals surface area contributed by atoms with Gasteiger partial charge >= 0.3 is 5.97 Å². The van der Waals surface area contributed by atoms with Crippen molar-refractivity contribution in [2.24, 2.45) is 0 Å². The molecule has 0 spiro atoms. The number of nitrogens with one attached hydrogen (secondary N) is 1. The van der Waals surface area contributed by atoms with Crippen LogP contribution in [0.25, 0.3) is 0 Å². The zero-order valence-electron chi connectivity index (χ0n) is 10.4. The van der Waals surface area contributed by atoms with E-state index in [1.165, 1.54) is 6.20 Å². The van der Waals surface area contributed by atoms with E-state index in [4.69, 9.17) is 14.6 Å². The van der Waals surface area contributed by atoms with Gasteiger partial charge in [0.1, 0.15) is 5.56 Å². The van der Waals surface area contributed by atoms with E-state index in [1.54, 1.807) is 19.4 Å². The molecule has 0 atom stereocenters. The Kier molecular flexibility index (Phi) is 6.75. The summed E-state index contributed by atoms with van der Waals surface area (Å²) in [4.78, 5) is 14.7. The molecule has 0 saturated heterocycles. The maximum Gasteiger partial charge on any atom is 0.339 e. The molecule has 0 aliphatic heterocycles. The molecule has 0 saturated carbocycles. The molecule has 6 heteroatoms. The maximum absolute atomic E-state index is 10.9. The van der Waals surface area contributed by atoms with Crippen molar-refractivity contribution in [1.29, 1.82) is 0 Å². The number of anilines is 1. The van der Waals surface area contributed by atoms with Crippen LogP contribution in [0.5, 0.6) is 0 Å². The van der Waals surface area contributed by atoms with Gasteiger partial charge in [-0.05, 0) is 12.5 Å². The Morgan fingerprint density at radius 2 is 2.28 bits per heavy atom. The largest absolute Gasteiger partial charge is 0.478 e. The minimum absolute atomic E-state index is 0.179. The van der Waals surface area contributed by atoms with Gasteiger partial charge in [0.2, 0.25) is 0 Å². The van der Waals surface area contributed by atoms with Crippen molar-refractivity contribution in [3.05, 3.63) is 24.0 Å². The predicted octanol–water partition coefficient (Wildman–Crippen LogP) is 1.24. The SMILES string of the molecule is COCCOCCCNc1ccncc1C(=O)O. The van der Waals surface area contributed by atoms with Crippen molar-refractivity contribution in [3.8, 4) is 0 Å². The third-order valence-electron chi connectivity index (χ3n) is 2.26. The molecule has 0 aliphatic carbocycles. The Balaban J connectivity index is 2.25. The van der Waals surface area contributed by atoms with Crippen molar-refractivity contribution >= 4 is 11.7 Å². The summed E-state index contributed by atoms with van der Waals surface area (Å²) in [5, 5.41) is 12.0. The second-order valence-electron chi connectivity index (χ2n) is 3.61. The monoisotopic (exact) mass is 254 g/mol. The van der Waals surface area contributed by atoms with E-state index in [-0.39, 0.29) is 5.56 Å². The lowest BCUT2D eigenvalue weighted by atomic mass is 10.2. The van der Waals surface area contributed by atoms with E-state index in [9.17, 15) is 4.79 Å². The number of ether oxygens (including phenoxy) is 2. The zero-order valence-corrected chi connectivity index (χ0v) is 10.4. The average Bonchev–Trinajstić information content (AvgIpc) is 2.38. The molecule has 0 bridgehead atoms. The van der Waals surface area contributed by atoms with Crippen LogP contribution < -0.4 is 5.32 Å². The van der Waals surface area contributed by atoms with Crippen LogP contribution in [0, 0.1) is 0 Å². The Morgan fingerprint density at radius 3 is 3.00 bits per heavy atom. The van der Waals surface area contributed by atoms with E-state index >= 15 is 0 Å². The second-order valence-corrected chi connectivity index (χ2v) is 3.61. The third-order valence-corrected chi connectivity index (χ3v) is 2.26. The van der Waals surface area contributed by atoms with Crippen molar-refractivity contribution in [3.63, 3.8) is 0 Å². The van der Waals surface area contributed by atoms with Crippen LogP contribution >= 0.6 is 0 Å². The van der Waals surface area contributed by atoms with Crippen LogP contribution in [0.4, 0.5) is 5.69 Å². The van der Waals surface area contributed by atoms with Gasteiger partial charge in [-0.3, -0.25) is 4.98 Å². The normalized spacial score (nSPS) is 10.3. The lowest BCUT2D eigenvalue weighted by Gasteiger charge is -2.09. The van der Waals surface area contributed by atoms with Crippen molar-refractivity contribution in [1.82, 2.24) is 4.98 Å². The first kappa shape index (κ1) is 14.4. The van der Waals surface area contributed by atoms with Crippen molar-refractivity contribution in [2.75, 3.05) is 38.8 Å². The lowest BCUT2D eigenvalue weighted by Crippen LogP contribution is -2.11. The number of methoxy groups -OCH3 is 1. The molecule has 0 amide bonds. The van der Waals surface area contributed by atoms with Gasteiger partial charge in [-0.1, -0.05) is 0 Å². The minimum atomic E-state index is -0.984. The van der Waals surface area contributed by atoms with Gasteiger partial charge in [0.05, 0.1) is 18.9 Å². The number of hydrogen-bond donors (Lipinski definition) is 2. The molecular formula is C12H18N2O4. The number of carbonyl (C=O) groups is 1. The highest BCUT2D eigenvalue weighted by atomic mass is 16.5. The zero-order chi connectivity index (χ0) is 13.2. The Hall–Kier alpha value is -1.66. The van der Waals surface area contributed by atoms with Gasteiger partial charge in [0.25, 0.3) is 0 Å². The van der Waals surface area contributed by atoms with Crippen molar-refractivity contribution < 1.29 is 19.4 Å². The highest BCUT2D eigenvalue weighted by Crippen LogP contribution is 2.12. The van der Waals surface area contributed by atoms with E-state index < -0.39 is 5.97 Å². The molecule has 6 nitrogen and oxygen atoms in total. The molecule has 0 aromatic carbocycles. The third kappa shape index (κ3) is 5.11. The number of pyridine rings is 1. The molecule has 100 valence electrons. The molecule has 1 rings (SSSR count). The fraction of sp³-hybridized carbons (Fsp3) is 0.500. The summed E-state index contributed by atoms with van der Waals surface area (Å²) in [6.07, 6.45) is 3.69. The molecule has 0 fully saturated rings. The molecule has 1 aromatic rings. The Labute approximate surface area is 106 Å². The summed E-state index contributed by atoms with van der Waals surface area (Å²) in [6.45, 7) is 2.42. The Bertz CT molecular complexity index is 371. The fourth-order valence-corrected chi connectivity index (χ4v) is 1.36. The van der Waals surface area contributed by atoms with Crippen LogP contribution in [0.3, 0.4) is 0 Å². The van der Waals surface area contributed by atoms with Crippen LogP contribution in [-0.4, -0.2) is 49.5 Å². The molecule has 0 unspecified atom stereocenters. The van der Waals surface area contributed by atoms with Crippen LogP contribution in [0.1, 0.15) is 16.8 Å². The fourth-order valence-electron chi connectivity index (χ4n) is 1.36. The van der Waals surface area contributed by atoms with Gasteiger partial charge in [0.15, 0.2) is 0 Å². The number of rotatable bonds is 9. The van der Waals surface area contributed by atoms with E-state index in [0.29, 0.717) is 32.1 Å². The summed E-state index contributed by atoms with van der Waals surface area (Å²) in [7, 11) is 1.63. The highest BCUT2D eigenvalue weighted by Gasteiger charge is 2.08. The first-order valence-corrected chi connectivity index (χ1v) is 5.73. The maximum atomic E-state index is 10.9. The van der Waals surface area contributed by atoms with Gasteiger partial charge in [-0.2, -0.15) is 0 Å². The number of carboxylic acid groups (broad SMARTS) is 1. The molecular weight excluding hydrogens is 236 g/mol. The van der Waals surface area contributed by atoms with Crippen LogP contribution in [0.2, 0.25) is 0 Å². The number of nitrogens with zero attached hydrogens (tertiary/aromatic N) is 1. The number of aromatic carboxylic acids is 1. The van der Waals surface area contributed by atoms with Crippen molar-refractivity contribution in [2.45, 2.75) is 6.42 Å². The summed E-state index contributed by atoms with van der Waals surface area (Å²) in [5.41, 5.74) is 0.757. The molecule has 0 radical (unpaired) electrons. The van der Waals surface area contributed by atoms with E-state index in [1.807, 2.05) is 0 Å². The lowest BCUT2D eigenvalue weighted by molar-refractivity contribution is 0.0697. The smallest absolute Gasteiger partial charge is 0.339 e.